The van der Waals surface area contributed by atoms with E-state index in [-0.39, 0.29) is 11.9 Å². The number of amides is 1. The number of benzene rings is 2. The van der Waals surface area contributed by atoms with Crippen molar-refractivity contribution in [3.05, 3.63) is 88.8 Å². The molecule has 1 atom stereocenters. The molecule has 9 heteroatoms. The van der Waals surface area contributed by atoms with Crippen molar-refractivity contribution in [2.45, 2.75) is 12.5 Å². The van der Waals surface area contributed by atoms with Crippen LogP contribution in [0.3, 0.4) is 0 Å². The lowest BCUT2D eigenvalue weighted by Gasteiger charge is -2.19. The molecule has 30 heavy (non-hydrogen) atoms. The van der Waals surface area contributed by atoms with Gasteiger partial charge in [0, 0.05) is 22.7 Å². The van der Waals surface area contributed by atoms with E-state index in [9.17, 15) is 13.2 Å². The average molecular weight is 444 g/mol. The van der Waals surface area contributed by atoms with Gasteiger partial charge in [-0.3, -0.25) is 9.52 Å². The van der Waals surface area contributed by atoms with Gasteiger partial charge in [0.25, 0.3) is 5.91 Å². The fourth-order valence-electron chi connectivity index (χ4n) is 3.24. The van der Waals surface area contributed by atoms with E-state index in [1.807, 2.05) is 6.07 Å². The number of carbonyl (C=O) groups is 1. The Morgan fingerprint density at radius 1 is 1.13 bits per heavy atom. The summed E-state index contributed by atoms with van der Waals surface area (Å²) in [7, 11) is -3.36. The zero-order valence-corrected chi connectivity index (χ0v) is 17.5. The Morgan fingerprint density at radius 2 is 1.83 bits per heavy atom. The van der Waals surface area contributed by atoms with Crippen molar-refractivity contribution >= 4 is 38.9 Å². The Labute approximate surface area is 179 Å². The van der Waals surface area contributed by atoms with Crippen molar-refractivity contribution in [2.24, 2.45) is 5.10 Å². The largest absolute Gasteiger partial charge is 0.467 e. The first-order valence-electron chi connectivity index (χ1n) is 9.08. The first-order chi connectivity index (χ1) is 14.3. The van der Waals surface area contributed by atoms with Gasteiger partial charge in [0.05, 0.1) is 18.2 Å². The van der Waals surface area contributed by atoms with Crippen molar-refractivity contribution in [1.82, 2.24) is 5.01 Å². The highest BCUT2D eigenvalue weighted by Crippen LogP contribution is 2.34. The predicted octanol–water partition coefficient (Wildman–Crippen LogP) is 4.30. The number of hydrazone groups is 1. The van der Waals surface area contributed by atoms with Crippen LogP contribution >= 0.6 is 11.6 Å². The quantitative estimate of drug-likeness (QED) is 0.636. The van der Waals surface area contributed by atoms with E-state index in [1.54, 1.807) is 60.9 Å². The fraction of sp³-hybridized carbons (Fsp3) is 0.143. The Hall–Kier alpha value is -3.10. The van der Waals surface area contributed by atoms with Crippen LogP contribution < -0.4 is 4.72 Å². The SMILES string of the molecule is CS(=O)(=O)Nc1ccc(C2=NN(C(=O)c3ccc(Cl)cc3)C(c3ccco3)C2)cc1. The van der Waals surface area contributed by atoms with Crippen molar-refractivity contribution in [2.75, 3.05) is 11.0 Å². The second-order valence-corrected chi connectivity index (χ2v) is 9.08. The van der Waals surface area contributed by atoms with Crippen molar-refractivity contribution in [3.8, 4) is 0 Å². The standard InChI is InChI=1S/C21H18ClN3O4S/c1-30(27,28)24-17-10-6-14(7-11-17)18-13-19(20-3-2-12-29-20)25(23-18)21(26)15-4-8-16(22)9-5-15/h2-12,19,24H,13H2,1H3. The summed E-state index contributed by atoms with van der Waals surface area (Å²) in [6, 6.07) is 16.7. The van der Waals surface area contributed by atoms with Gasteiger partial charge in [-0.05, 0) is 54.1 Å². The predicted molar refractivity (Wildman–Crippen MR) is 115 cm³/mol. The molecule has 0 radical (unpaired) electrons. The third-order valence-electron chi connectivity index (χ3n) is 4.60. The molecule has 3 aromatic rings. The monoisotopic (exact) mass is 443 g/mol. The van der Waals surface area contributed by atoms with Crippen LogP contribution in [0.1, 0.15) is 34.1 Å². The number of furan rings is 1. The van der Waals surface area contributed by atoms with E-state index in [0.29, 0.717) is 34.2 Å². The molecule has 0 spiro atoms. The third-order valence-corrected chi connectivity index (χ3v) is 5.46. The first kappa shape index (κ1) is 20.2. The Morgan fingerprint density at radius 3 is 2.43 bits per heavy atom. The number of hydrogen-bond acceptors (Lipinski definition) is 5. The van der Waals surface area contributed by atoms with Gasteiger partial charge in [-0.2, -0.15) is 5.10 Å². The molecule has 154 valence electrons. The van der Waals surface area contributed by atoms with Crippen LogP contribution in [0.25, 0.3) is 0 Å². The molecule has 1 aliphatic rings. The maximum absolute atomic E-state index is 13.1. The molecule has 0 saturated carbocycles. The van der Waals surface area contributed by atoms with Crippen LogP contribution in [0.5, 0.6) is 0 Å². The topological polar surface area (TPSA) is 92.0 Å². The summed E-state index contributed by atoms with van der Waals surface area (Å²) >= 11 is 5.93. The maximum atomic E-state index is 13.1. The normalized spacial score (nSPS) is 16.4. The molecule has 0 fully saturated rings. The Balaban J connectivity index is 1.65. The molecule has 0 aliphatic carbocycles. The Kier molecular flexibility index (Phi) is 5.36. The molecule has 2 heterocycles. The molecule has 7 nitrogen and oxygen atoms in total. The van der Waals surface area contributed by atoms with Gasteiger partial charge in [-0.1, -0.05) is 23.7 Å². The van der Waals surface area contributed by atoms with Crippen molar-refractivity contribution in [3.63, 3.8) is 0 Å². The number of rotatable bonds is 5. The van der Waals surface area contributed by atoms with Crippen LogP contribution in [0.15, 0.2) is 76.4 Å². The van der Waals surface area contributed by atoms with Crippen LogP contribution in [0.2, 0.25) is 5.02 Å². The summed E-state index contributed by atoms with van der Waals surface area (Å²) in [5.41, 5.74) is 2.41. The molecule has 4 rings (SSSR count). The Bertz CT molecular complexity index is 1190. The number of nitrogens with one attached hydrogen (secondary N) is 1. The van der Waals surface area contributed by atoms with E-state index >= 15 is 0 Å². The molecule has 1 aromatic heterocycles. The zero-order valence-electron chi connectivity index (χ0n) is 15.9. The van der Waals surface area contributed by atoms with E-state index in [2.05, 4.69) is 9.82 Å². The van der Waals surface area contributed by atoms with Crippen LogP contribution in [0, 0.1) is 0 Å². The van der Waals surface area contributed by atoms with Gasteiger partial charge in [-0.15, -0.1) is 0 Å². The highest BCUT2D eigenvalue weighted by molar-refractivity contribution is 7.92. The number of hydrogen-bond donors (Lipinski definition) is 1. The summed E-state index contributed by atoms with van der Waals surface area (Å²) in [6.07, 6.45) is 3.12. The van der Waals surface area contributed by atoms with Gasteiger partial charge in [-0.25, -0.2) is 13.4 Å². The molecule has 1 N–H and O–H groups in total. The lowest BCUT2D eigenvalue weighted by atomic mass is 10.0. The molecular weight excluding hydrogens is 426 g/mol. The summed E-state index contributed by atoms with van der Waals surface area (Å²) in [4.78, 5) is 13.1. The zero-order chi connectivity index (χ0) is 21.3. The molecule has 1 unspecified atom stereocenters. The smallest absolute Gasteiger partial charge is 0.274 e. The van der Waals surface area contributed by atoms with Gasteiger partial charge in [0.2, 0.25) is 10.0 Å². The molecule has 2 aromatic carbocycles. The number of halogens is 1. The van der Waals surface area contributed by atoms with Gasteiger partial charge in [0.15, 0.2) is 0 Å². The molecule has 1 aliphatic heterocycles. The first-order valence-corrected chi connectivity index (χ1v) is 11.4. The summed E-state index contributed by atoms with van der Waals surface area (Å²) in [6.45, 7) is 0. The lowest BCUT2D eigenvalue weighted by Crippen LogP contribution is -2.26. The van der Waals surface area contributed by atoms with E-state index in [4.69, 9.17) is 16.0 Å². The maximum Gasteiger partial charge on any atom is 0.274 e. The minimum absolute atomic E-state index is 0.265. The second kappa shape index (κ2) is 7.97. The average Bonchev–Trinajstić information content (AvgIpc) is 3.37. The van der Waals surface area contributed by atoms with E-state index in [1.165, 1.54) is 5.01 Å². The van der Waals surface area contributed by atoms with Gasteiger partial charge >= 0.3 is 0 Å². The van der Waals surface area contributed by atoms with E-state index < -0.39 is 10.0 Å². The van der Waals surface area contributed by atoms with Crippen LogP contribution in [-0.4, -0.2) is 31.3 Å². The van der Waals surface area contributed by atoms with Crippen molar-refractivity contribution < 1.29 is 17.6 Å². The summed E-state index contributed by atoms with van der Waals surface area (Å²) in [5, 5.41) is 6.53. The number of anilines is 1. The summed E-state index contributed by atoms with van der Waals surface area (Å²) < 4.78 is 30.8. The van der Waals surface area contributed by atoms with Crippen molar-refractivity contribution in [1.29, 1.82) is 0 Å². The lowest BCUT2D eigenvalue weighted by molar-refractivity contribution is 0.0693. The highest BCUT2D eigenvalue weighted by Gasteiger charge is 2.35. The molecule has 1 amide bonds. The van der Waals surface area contributed by atoms with Gasteiger partial charge in [0.1, 0.15) is 11.8 Å². The second-order valence-electron chi connectivity index (χ2n) is 6.89. The van der Waals surface area contributed by atoms with Crippen LogP contribution in [-0.2, 0) is 10.0 Å². The van der Waals surface area contributed by atoms with Gasteiger partial charge < -0.3 is 4.42 Å². The minimum Gasteiger partial charge on any atom is -0.467 e. The molecule has 0 bridgehead atoms. The molecular formula is C21H18ClN3O4S. The highest BCUT2D eigenvalue weighted by atomic mass is 35.5. The molecule has 0 saturated heterocycles. The van der Waals surface area contributed by atoms with E-state index in [0.717, 1.165) is 11.8 Å². The summed E-state index contributed by atoms with van der Waals surface area (Å²) in [5.74, 6) is 0.366. The third kappa shape index (κ3) is 4.39. The number of sulfonamides is 1. The fourth-order valence-corrected chi connectivity index (χ4v) is 3.93. The minimum atomic E-state index is -3.36. The number of carbonyl (C=O) groups excluding carboxylic acids is 1. The van der Waals surface area contributed by atoms with Crippen LogP contribution in [0.4, 0.5) is 5.69 Å². The number of nitrogens with zero attached hydrogens (tertiary/aromatic N) is 2.